The molecule has 8 rings (SSSR count). The number of fused-ring (bicyclic) bond motifs is 3. The lowest BCUT2D eigenvalue weighted by molar-refractivity contribution is -0.144. The quantitative estimate of drug-likeness (QED) is 0.0668. The molecule has 2 aliphatic heterocycles. The number of aliphatic hydroxyl groups excluding tert-OH is 1. The zero-order valence-corrected chi connectivity index (χ0v) is 43.1. The van der Waals surface area contributed by atoms with Crippen LogP contribution < -0.4 is 25.4 Å². The summed E-state index contributed by atoms with van der Waals surface area (Å²) in [6, 6.07) is 19.8. The number of thiazole rings is 1. The summed E-state index contributed by atoms with van der Waals surface area (Å²) in [7, 11) is 0. The average Bonchev–Trinajstić information content (AvgIpc) is 4.11. The van der Waals surface area contributed by atoms with Gasteiger partial charge in [-0.15, -0.1) is 32.9 Å². The second-order valence-corrected chi connectivity index (χ2v) is 21.3. The maximum atomic E-state index is 14.2. The number of rotatable bonds is 17. The Morgan fingerprint density at radius 1 is 0.901 bits per heavy atom. The topological polar surface area (TPSA) is 202 Å². The van der Waals surface area contributed by atoms with Gasteiger partial charge < -0.3 is 35.4 Å². The van der Waals surface area contributed by atoms with Gasteiger partial charge in [-0.05, 0) is 80.5 Å². The summed E-state index contributed by atoms with van der Waals surface area (Å²) in [5, 5.41) is 29.9. The highest BCUT2D eigenvalue weighted by molar-refractivity contribution is 7.15. The number of halogens is 1. The van der Waals surface area contributed by atoms with E-state index < -0.39 is 54.0 Å². The zero-order valence-electron chi connectivity index (χ0n) is 40.7. The van der Waals surface area contributed by atoms with Crippen molar-refractivity contribution < 1.29 is 33.8 Å². The number of hydrogen-bond acceptors (Lipinski definition) is 13. The number of likely N-dealkylation sites (tertiary alicyclic amines) is 1. The number of nitrogens with one attached hydrogen (secondary N) is 3. The number of aromatic nitrogens is 4. The first-order valence-corrected chi connectivity index (χ1v) is 25.6. The molecular weight excluding hydrogens is 962 g/mol. The third-order valence-electron chi connectivity index (χ3n) is 12.6. The molecule has 0 radical (unpaired) electrons. The molecule has 1 fully saturated rings. The average molecular weight is 1020 g/mol. The number of aliphatic imine (C=N–C) groups is 1. The van der Waals surface area contributed by atoms with Gasteiger partial charge in [0.25, 0.3) is 5.91 Å². The number of aliphatic hydroxyl groups is 1. The molecule has 0 bridgehead atoms. The molecule has 4 amide bonds. The van der Waals surface area contributed by atoms with Gasteiger partial charge in [0.2, 0.25) is 17.7 Å². The van der Waals surface area contributed by atoms with Crippen LogP contribution in [0.15, 0.2) is 83.3 Å². The molecule has 3 aromatic carbocycles. The van der Waals surface area contributed by atoms with Gasteiger partial charge in [-0.1, -0.05) is 80.9 Å². The molecular formula is C52H58ClN9O7S2. The van der Waals surface area contributed by atoms with E-state index in [1.54, 1.807) is 46.9 Å². The Morgan fingerprint density at radius 3 is 2.30 bits per heavy atom. The highest BCUT2D eigenvalue weighted by atomic mass is 35.5. The number of nitrogens with zero attached hydrogens (tertiary/aromatic N) is 6. The van der Waals surface area contributed by atoms with Crippen molar-refractivity contribution in [1.29, 1.82) is 0 Å². The van der Waals surface area contributed by atoms with Crippen LogP contribution in [-0.4, -0.2) is 104 Å². The van der Waals surface area contributed by atoms with Crippen LogP contribution in [0.4, 0.5) is 0 Å². The number of hydrogen-bond donors (Lipinski definition) is 4. The van der Waals surface area contributed by atoms with Crippen molar-refractivity contribution in [2.24, 2.45) is 10.4 Å². The fraction of sp³-hybridized carbons (Fsp3) is 0.385. The van der Waals surface area contributed by atoms with Crippen molar-refractivity contribution in [1.82, 2.24) is 40.6 Å². The van der Waals surface area contributed by atoms with E-state index in [9.17, 15) is 24.3 Å². The summed E-state index contributed by atoms with van der Waals surface area (Å²) in [4.78, 5) is 67.9. The smallest absolute Gasteiger partial charge is 0.258 e. The van der Waals surface area contributed by atoms with Crippen molar-refractivity contribution in [2.45, 2.75) is 98.5 Å². The molecule has 16 nitrogen and oxygen atoms in total. The Morgan fingerprint density at radius 2 is 1.61 bits per heavy atom. The molecule has 1 saturated heterocycles. The van der Waals surface area contributed by atoms with Crippen LogP contribution in [0.1, 0.15) is 90.5 Å². The number of aryl methyl sites for hydroxylation is 3. The predicted molar refractivity (Wildman–Crippen MR) is 275 cm³/mol. The van der Waals surface area contributed by atoms with E-state index in [1.165, 1.54) is 4.90 Å². The van der Waals surface area contributed by atoms with E-state index in [1.807, 2.05) is 93.2 Å². The summed E-state index contributed by atoms with van der Waals surface area (Å²) in [5.74, 6) is 0.386. The lowest BCUT2D eigenvalue weighted by Gasteiger charge is -2.35. The third-order valence-corrected chi connectivity index (χ3v) is 15.0. The van der Waals surface area contributed by atoms with Gasteiger partial charge in [-0.2, -0.15) is 0 Å². The Labute approximate surface area is 425 Å². The highest BCUT2D eigenvalue weighted by Crippen LogP contribution is 2.40. The van der Waals surface area contributed by atoms with Crippen LogP contribution in [0.25, 0.3) is 15.4 Å². The maximum Gasteiger partial charge on any atom is 0.258 e. The molecule has 0 saturated carbocycles. The molecule has 3 aromatic heterocycles. The van der Waals surface area contributed by atoms with E-state index in [-0.39, 0.29) is 38.4 Å². The van der Waals surface area contributed by atoms with E-state index in [0.29, 0.717) is 41.1 Å². The number of benzene rings is 3. The van der Waals surface area contributed by atoms with Crippen molar-refractivity contribution >= 4 is 63.6 Å². The molecule has 5 heterocycles. The minimum atomic E-state index is -1.03. The monoisotopic (exact) mass is 1020 g/mol. The summed E-state index contributed by atoms with van der Waals surface area (Å²) >= 11 is 9.47. The van der Waals surface area contributed by atoms with Crippen molar-refractivity contribution in [2.75, 3.05) is 26.3 Å². The highest BCUT2D eigenvalue weighted by Gasteiger charge is 2.44. The van der Waals surface area contributed by atoms with Gasteiger partial charge in [0.1, 0.15) is 29.0 Å². The van der Waals surface area contributed by atoms with Crippen LogP contribution in [-0.2, 0) is 25.7 Å². The Balaban J connectivity index is 0.829. The van der Waals surface area contributed by atoms with Crippen LogP contribution in [0.2, 0.25) is 5.02 Å². The van der Waals surface area contributed by atoms with Crippen LogP contribution in [0.3, 0.4) is 0 Å². The largest absolute Gasteiger partial charge is 0.490 e. The van der Waals surface area contributed by atoms with E-state index in [4.69, 9.17) is 26.1 Å². The van der Waals surface area contributed by atoms with Crippen LogP contribution in [0.5, 0.6) is 11.5 Å². The first-order valence-electron chi connectivity index (χ1n) is 23.5. The SMILES string of the molecule is Cc1ncsc1-c1ccc(CNC(=O)C2C[C@@H](O)CN2C(=O)[C@@H](NC(=O)COc2ccccc2OCCCNC(=O)C[C@@H]2N=C(c3ccc(Cl)cc3)c3c(sc(C)c3C)-n3c(C)nnc32)C(C)(C)C)cc1. The van der Waals surface area contributed by atoms with Crippen molar-refractivity contribution in [3.63, 3.8) is 0 Å². The molecule has 4 atom stereocenters. The summed E-state index contributed by atoms with van der Waals surface area (Å²) in [6.07, 6.45) is -0.320. The lowest BCUT2D eigenvalue weighted by Crippen LogP contribution is -2.58. The van der Waals surface area contributed by atoms with Crippen molar-refractivity contribution in [3.05, 3.63) is 128 Å². The number of para-hydroxylation sites is 2. The van der Waals surface area contributed by atoms with E-state index >= 15 is 0 Å². The van der Waals surface area contributed by atoms with Crippen molar-refractivity contribution in [3.8, 4) is 26.9 Å². The summed E-state index contributed by atoms with van der Waals surface area (Å²) in [5.41, 5.74) is 7.67. The van der Waals surface area contributed by atoms with E-state index in [2.05, 4.69) is 45.0 Å². The first kappa shape index (κ1) is 50.9. The van der Waals surface area contributed by atoms with Gasteiger partial charge in [0.05, 0.1) is 40.9 Å². The summed E-state index contributed by atoms with van der Waals surface area (Å²) in [6.45, 7) is 13.8. The standard InChI is InChI=1S/C52H58ClN9O7S2/c1-29-31(3)71-51-44(29)45(34-17-19-36(53)20-18-34)57-38(48-60-59-32(4)62(48)51)24-42(64)54-21-10-22-68-40-11-8-9-12-41(40)69-27-43(65)58-47(52(5,6)7)50(67)61-26-37(63)23-39(61)49(66)55-25-33-13-15-35(16-14-33)46-30(2)56-28-70-46/h8-9,11-20,28,37-39,47,63H,10,21-27H2,1-7H3,(H,54,64)(H,55,66)(H,58,65)/t37-,38+,39?,47-/m1/s1. The van der Waals surface area contributed by atoms with Crippen LogP contribution in [0, 0.1) is 33.1 Å². The lowest BCUT2D eigenvalue weighted by atomic mass is 9.85. The minimum Gasteiger partial charge on any atom is -0.490 e. The molecule has 19 heteroatoms. The molecule has 0 spiro atoms. The number of carbonyl (C=O) groups is 4. The number of ether oxygens (including phenoxy) is 2. The molecule has 2 aliphatic rings. The second kappa shape index (κ2) is 21.9. The minimum absolute atomic E-state index is 0.0459. The van der Waals surface area contributed by atoms with E-state index in [0.717, 1.165) is 54.0 Å². The fourth-order valence-corrected chi connectivity index (χ4v) is 10.8. The van der Waals surface area contributed by atoms with Crippen LogP contribution >= 0.6 is 34.3 Å². The number of carbonyl (C=O) groups excluding carboxylic acids is 4. The Hall–Kier alpha value is -6.47. The van der Waals surface area contributed by atoms with Gasteiger partial charge in [0.15, 0.2) is 23.9 Å². The van der Waals surface area contributed by atoms with Gasteiger partial charge >= 0.3 is 0 Å². The Bertz CT molecular complexity index is 2940. The fourth-order valence-electron chi connectivity index (χ4n) is 8.68. The third kappa shape index (κ3) is 11.7. The molecule has 1 unspecified atom stereocenters. The zero-order chi connectivity index (χ0) is 50.6. The predicted octanol–water partition coefficient (Wildman–Crippen LogP) is 7.39. The number of β-amino-alcohol motifs (C(OH)–C–C–N with tert-alkyl or cyclic N) is 1. The van der Waals surface area contributed by atoms with Gasteiger partial charge in [-0.25, -0.2) is 4.98 Å². The molecule has 0 aliphatic carbocycles. The number of amides is 4. The molecule has 71 heavy (non-hydrogen) atoms. The van der Waals surface area contributed by atoms with Gasteiger partial charge in [0, 0.05) is 47.1 Å². The summed E-state index contributed by atoms with van der Waals surface area (Å²) < 4.78 is 14.0. The molecule has 372 valence electrons. The first-order chi connectivity index (χ1) is 34.0. The maximum absolute atomic E-state index is 14.2. The second-order valence-electron chi connectivity index (χ2n) is 18.8. The normalized spacial score (nSPS) is 16.8. The Kier molecular flexibility index (Phi) is 15.7. The van der Waals surface area contributed by atoms with Gasteiger partial charge in [-0.3, -0.25) is 28.7 Å². The molecule has 4 N–H and O–H groups in total. The number of thiophene rings is 1. The molecule has 6 aromatic rings.